The minimum Gasteiger partial charge on any atom is -0.476 e. The molecule has 0 fully saturated rings. The number of carbonyl (C=O) groups is 2. The molecule has 10 nitrogen and oxygen atoms in total. The van der Waals surface area contributed by atoms with E-state index in [1.54, 1.807) is 6.92 Å². The Morgan fingerprint density at radius 3 is 2.90 bits per heavy atom. The molecule has 0 saturated carbocycles. The van der Waals surface area contributed by atoms with Crippen LogP contribution in [0.5, 0.6) is 0 Å². The number of aryl methyl sites for hydroxylation is 1. The molecule has 2 heterocycles. The Hall–Kier alpha value is -2.78. The van der Waals surface area contributed by atoms with E-state index in [1.165, 1.54) is 6.20 Å². The Morgan fingerprint density at radius 1 is 1.50 bits per heavy atom. The molecular formula is C10H12N6O4. The van der Waals surface area contributed by atoms with E-state index < -0.39 is 5.97 Å². The Labute approximate surface area is 112 Å². The lowest BCUT2D eigenvalue weighted by atomic mass is 10.4. The third kappa shape index (κ3) is 3.60. The second-order valence-corrected chi connectivity index (χ2v) is 3.94. The predicted molar refractivity (Wildman–Crippen MR) is 62.7 cm³/mol. The molecule has 1 amide bonds. The largest absolute Gasteiger partial charge is 0.476 e. The maximum atomic E-state index is 11.6. The summed E-state index contributed by atoms with van der Waals surface area (Å²) in [7, 11) is 0. The van der Waals surface area contributed by atoms with Gasteiger partial charge in [0.25, 0.3) is 0 Å². The SMILES string of the molecule is Cc1nc(CCNC(=O)Cn2cc(C(=O)O)nn2)no1. The van der Waals surface area contributed by atoms with Gasteiger partial charge in [-0.15, -0.1) is 5.10 Å². The van der Waals surface area contributed by atoms with Crippen molar-refractivity contribution in [1.29, 1.82) is 0 Å². The summed E-state index contributed by atoms with van der Waals surface area (Å²) in [6, 6.07) is 0. The first-order valence-electron chi connectivity index (χ1n) is 5.74. The number of amides is 1. The topological polar surface area (TPSA) is 136 Å². The van der Waals surface area contributed by atoms with Crippen molar-refractivity contribution in [3.63, 3.8) is 0 Å². The summed E-state index contributed by atoms with van der Waals surface area (Å²) in [5, 5.41) is 21.9. The van der Waals surface area contributed by atoms with Crippen molar-refractivity contribution in [3.8, 4) is 0 Å². The van der Waals surface area contributed by atoms with Crippen LogP contribution in [0, 0.1) is 6.92 Å². The zero-order chi connectivity index (χ0) is 14.5. The number of carboxylic acids is 1. The Balaban J connectivity index is 1.76. The van der Waals surface area contributed by atoms with E-state index in [9.17, 15) is 9.59 Å². The third-order valence-corrected chi connectivity index (χ3v) is 2.30. The van der Waals surface area contributed by atoms with Gasteiger partial charge in [0.05, 0.1) is 6.20 Å². The molecule has 20 heavy (non-hydrogen) atoms. The number of aromatic carboxylic acids is 1. The van der Waals surface area contributed by atoms with Crippen LogP contribution >= 0.6 is 0 Å². The summed E-state index contributed by atoms with van der Waals surface area (Å²) in [5.41, 5.74) is -0.208. The summed E-state index contributed by atoms with van der Waals surface area (Å²) < 4.78 is 5.94. The number of carboxylic acid groups (broad SMARTS) is 1. The van der Waals surface area contributed by atoms with Gasteiger partial charge >= 0.3 is 5.97 Å². The van der Waals surface area contributed by atoms with Gasteiger partial charge in [0.15, 0.2) is 11.5 Å². The molecule has 0 aliphatic rings. The highest BCUT2D eigenvalue weighted by Gasteiger charge is 2.10. The van der Waals surface area contributed by atoms with Crippen LogP contribution in [0.25, 0.3) is 0 Å². The first-order valence-corrected chi connectivity index (χ1v) is 5.74. The molecule has 0 bridgehead atoms. The summed E-state index contributed by atoms with van der Waals surface area (Å²) in [5.74, 6) is -0.525. The highest BCUT2D eigenvalue weighted by Crippen LogP contribution is 1.95. The zero-order valence-electron chi connectivity index (χ0n) is 10.6. The normalized spacial score (nSPS) is 10.4. The van der Waals surface area contributed by atoms with Gasteiger partial charge in [-0.2, -0.15) is 4.98 Å². The standard InChI is InChI=1S/C10H12N6O4/c1-6-12-8(14-20-6)2-3-11-9(17)5-16-4-7(10(18)19)13-15-16/h4H,2-3,5H2,1H3,(H,11,17)(H,18,19). The van der Waals surface area contributed by atoms with E-state index in [1.807, 2.05) is 0 Å². The molecule has 106 valence electrons. The molecule has 0 aliphatic carbocycles. The van der Waals surface area contributed by atoms with Crippen LogP contribution < -0.4 is 5.32 Å². The van der Waals surface area contributed by atoms with E-state index in [2.05, 4.69) is 25.8 Å². The number of hydrogen-bond donors (Lipinski definition) is 2. The van der Waals surface area contributed by atoms with Gasteiger partial charge < -0.3 is 14.9 Å². The number of hydrogen-bond acceptors (Lipinski definition) is 7. The summed E-state index contributed by atoms with van der Waals surface area (Å²) >= 11 is 0. The number of nitrogens with one attached hydrogen (secondary N) is 1. The molecule has 2 aromatic heterocycles. The van der Waals surface area contributed by atoms with Gasteiger partial charge in [0, 0.05) is 19.9 Å². The van der Waals surface area contributed by atoms with Gasteiger partial charge in [-0.05, 0) is 0 Å². The molecule has 0 unspecified atom stereocenters. The van der Waals surface area contributed by atoms with Crippen LogP contribution in [-0.2, 0) is 17.8 Å². The minimum absolute atomic E-state index is 0.106. The van der Waals surface area contributed by atoms with Crippen molar-refractivity contribution in [1.82, 2.24) is 30.5 Å². The second-order valence-electron chi connectivity index (χ2n) is 3.94. The van der Waals surface area contributed by atoms with Crippen molar-refractivity contribution in [2.24, 2.45) is 0 Å². The third-order valence-electron chi connectivity index (χ3n) is 2.30. The van der Waals surface area contributed by atoms with Crippen LogP contribution in [0.4, 0.5) is 0 Å². The lowest BCUT2D eigenvalue weighted by Gasteiger charge is -2.02. The Morgan fingerprint density at radius 2 is 2.30 bits per heavy atom. The van der Waals surface area contributed by atoms with E-state index in [-0.39, 0.29) is 18.1 Å². The lowest BCUT2D eigenvalue weighted by molar-refractivity contribution is -0.121. The van der Waals surface area contributed by atoms with Crippen molar-refractivity contribution >= 4 is 11.9 Å². The highest BCUT2D eigenvalue weighted by atomic mass is 16.5. The minimum atomic E-state index is -1.19. The molecule has 0 aliphatic heterocycles. The van der Waals surface area contributed by atoms with E-state index >= 15 is 0 Å². The monoisotopic (exact) mass is 280 g/mol. The molecule has 10 heteroatoms. The van der Waals surface area contributed by atoms with E-state index in [4.69, 9.17) is 9.63 Å². The molecular weight excluding hydrogens is 268 g/mol. The van der Waals surface area contributed by atoms with Crippen LogP contribution in [0.1, 0.15) is 22.2 Å². The number of rotatable bonds is 6. The number of aromatic nitrogens is 5. The van der Waals surface area contributed by atoms with Crippen LogP contribution in [-0.4, -0.2) is 48.7 Å². The summed E-state index contributed by atoms with van der Waals surface area (Å²) in [6.45, 7) is 1.92. The van der Waals surface area contributed by atoms with Gasteiger partial charge in [-0.25, -0.2) is 9.48 Å². The highest BCUT2D eigenvalue weighted by molar-refractivity contribution is 5.84. The van der Waals surface area contributed by atoms with Crippen molar-refractivity contribution in [2.75, 3.05) is 6.54 Å². The van der Waals surface area contributed by atoms with Crippen molar-refractivity contribution in [2.45, 2.75) is 19.9 Å². The summed E-state index contributed by atoms with van der Waals surface area (Å²) in [6.07, 6.45) is 1.63. The Kier molecular flexibility index (Phi) is 4.03. The second kappa shape index (κ2) is 5.91. The predicted octanol–water partition coefficient (Wildman–Crippen LogP) is -0.973. The van der Waals surface area contributed by atoms with Gasteiger partial charge in [-0.1, -0.05) is 10.4 Å². The molecule has 0 radical (unpaired) electrons. The van der Waals surface area contributed by atoms with Crippen molar-refractivity contribution in [3.05, 3.63) is 23.6 Å². The number of nitrogens with zero attached hydrogens (tertiary/aromatic N) is 5. The number of carbonyl (C=O) groups excluding carboxylic acids is 1. The first-order chi connectivity index (χ1) is 9.54. The fourth-order valence-corrected chi connectivity index (χ4v) is 1.43. The maximum Gasteiger partial charge on any atom is 0.358 e. The van der Waals surface area contributed by atoms with E-state index in [0.29, 0.717) is 24.7 Å². The van der Waals surface area contributed by atoms with Gasteiger partial charge in [-0.3, -0.25) is 4.79 Å². The fourth-order valence-electron chi connectivity index (χ4n) is 1.43. The molecule has 0 aromatic carbocycles. The van der Waals surface area contributed by atoms with Crippen molar-refractivity contribution < 1.29 is 19.2 Å². The zero-order valence-corrected chi connectivity index (χ0v) is 10.6. The average Bonchev–Trinajstić information content (AvgIpc) is 2.99. The lowest BCUT2D eigenvalue weighted by Crippen LogP contribution is -2.29. The summed E-state index contributed by atoms with van der Waals surface area (Å²) in [4.78, 5) is 26.2. The molecule has 2 N–H and O–H groups in total. The molecule has 2 aromatic rings. The van der Waals surface area contributed by atoms with Crippen LogP contribution in [0.3, 0.4) is 0 Å². The van der Waals surface area contributed by atoms with Gasteiger partial charge in [0.1, 0.15) is 6.54 Å². The smallest absolute Gasteiger partial charge is 0.358 e. The molecule has 0 saturated heterocycles. The average molecular weight is 280 g/mol. The molecule has 0 spiro atoms. The van der Waals surface area contributed by atoms with Crippen LogP contribution in [0.15, 0.2) is 10.7 Å². The van der Waals surface area contributed by atoms with Crippen LogP contribution in [0.2, 0.25) is 0 Å². The fraction of sp³-hybridized carbons (Fsp3) is 0.400. The quantitative estimate of drug-likeness (QED) is 0.689. The van der Waals surface area contributed by atoms with E-state index in [0.717, 1.165) is 4.68 Å². The molecule has 2 rings (SSSR count). The van der Waals surface area contributed by atoms with Gasteiger partial charge in [0.2, 0.25) is 11.8 Å². The Bertz CT molecular complexity index is 619. The maximum absolute atomic E-state index is 11.6. The first kappa shape index (κ1) is 13.6. The molecule has 0 atom stereocenters.